The maximum atomic E-state index is 12.8. The van der Waals surface area contributed by atoms with Crippen LogP contribution in [0.25, 0.3) is 6.08 Å². The molecule has 5 nitrogen and oxygen atoms in total. The zero-order valence-corrected chi connectivity index (χ0v) is 15.4. The Labute approximate surface area is 151 Å². The second-order valence-corrected chi connectivity index (χ2v) is 7.71. The van der Waals surface area contributed by atoms with Crippen LogP contribution in [0.3, 0.4) is 0 Å². The number of benzene rings is 2. The molecule has 0 aliphatic carbocycles. The molecule has 0 aromatic heterocycles. The highest BCUT2D eigenvalue weighted by Gasteiger charge is 2.38. The largest absolute Gasteiger partial charge is 0.441 e. The average molecular weight is 381 g/mol. The third-order valence-electron chi connectivity index (χ3n) is 3.39. The first-order chi connectivity index (χ1) is 12.0. The molecule has 1 atom stereocenters. The maximum Gasteiger partial charge on any atom is 0.375 e. The molecule has 0 bridgehead atoms. The molecule has 0 heterocycles. The van der Waals surface area contributed by atoms with Gasteiger partial charge in [0.05, 0.1) is 0 Å². The molecule has 25 heavy (non-hydrogen) atoms. The lowest BCUT2D eigenvalue weighted by Crippen LogP contribution is -2.12. The number of hydrogen-bond donors (Lipinski definition) is 0. The summed E-state index contributed by atoms with van der Waals surface area (Å²) >= 11 is 5.87. The van der Waals surface area contributed by atoms with Crippen LogP contribution in [0, 0.1) is 0 Å². The summed E-state index contributed by atoms with van der Waals surface area (Å²) in [7, 11) is -1.22. The molecule has 2 aromatic carbocycles. The molecule has 1 unspecified atom stereocenters. The van der Waals surface area contributed by atoms with Gasteiger partial charge in [0.25, 0.3) is 0 Å². The van der Waals surface area contributed by atoms with E-state index in [0.717, 1.165) is 5.56 Å². The predicted octanol–water partition coefficient (Wildman–Crippen LogP) is 5.08. The lowest BCUT2D eigenvalue weighted by Gasteiger charge is -2.24. The molecule has 132 valence electrons. The van der Waals surface area contributed by atoms with Gasteiger partial charge in [0.15, 0.2) is 0 Å². The van der Waals surface area contributed by atoms with Crippen molar-refractivity contribution in [2.24, 2.45) is 0 Å². The van der Waals surface area contributed by atoms with Gasteiger partial charge in [-0.25, -0.2) is 4.79 Å². The van der Waals surface area contributed by atoms with E-state index in [1.54, 1.807) is 30.3 Å². The summed E-state index contributed by atoms with van der Waals surface area (Å²) in [6.45, 7) is 0. The Morgan fingerprint density at radius 3 is 2.20 bits per heavy atom. The van der Waals surface area contributed by atoms with Gasteiger partial charge in [0.2, 0.25) is 5.85 Å². The van der Waals surface area contributed by atoms with Gasteiger partial charge in [0, 0.05) is 30.9 Å². The minimum absolute atomic E-state index is 0.456. The van der Waals surface area contributed by atoms with E-state index in [1.165, 1.54) is 20.3 Å². The molecular formula is C18H18ClO5P. The Morgan fingerprint density at radius 2 is 1.64 bits per heavy atom. The zero-order valence-electron chi connectivity index (χ0n) is 13.8. The minimum Gasteiger partial charge on any atom is -0.441 e. The topological polar surface area (TPSA) is 61.8 Å². The number of hydrogen-bond acceptors (Lipinski definition) is 5. The second-order valence-electron chi connectivity index (χ2n) is 4.99. The van der Waals surface area contributed by atoms with E-state index in [0.29, 0.717) is 10.6 Å². The monoisotopic (exact) mass is 380 g/mol. The van der Waals surface area contributed by atoms with Crippen LogP contribution in [0.2, 0.25) is 5.02 Å². The fraction of sp³-hybridized carbons (Fsp3) is 0.167. The van der Waals surface area contributed by atoms with Crippen LogP contribution in [0.1, 0.15) is 17.0 Å². The standard InChI is InChI=1S/C18H18ClO5P/c1-22-25(21,23-2)18(15-9-11-16(19)12-10-15)24-17(20)13-8-14-6-4-3-5-7-14/h3-13,18H,1-2H3/b13-8+. The fourth-order valence-electron chi connectivity index (χ4n) is 2.09. The molecule has 7 heteroatoms. The molecule has 0 amide bonds. The highest BCUT2D eigenvalue weighted by atomic mass is 35.5. The first kappa shape index (κ1) is 19.4. The van der Waals surface area contributed by atoms with E-state index >= 15 is 0 Å². The van der Waals surface area contributed by atoms with E-state index in [4.69, 9.17) is 25.4 Å². The minimum atomic E-state index is -3.70. The summed E-state index contributed by atoms with van der Waals surface area (Å²) < 4.78 is 28.1. The van der Waals surface area contributed by atoms with E-state index in [-0.39, 0.29) is 0 Å². The number of rotatable bonds is 7. The van der Waals surface area contributed by atoms with Crippen LogP contribution in [0.15, 0.2) is 60.7 Å². The Morgan fingerprint density at radius 1 is 1.04 bits per heavy atom. The lowest BCUT2D eigenvalue weighted by atomic mass is 10.2. The van der Waals surface area contributed by atoms with E-state index < -0.39 is 19.4 Å². The molecule has 0 fully saturated rings. The molecule has 0 saturated carbocycles. The Bertz CT molecular complexity index is 766. The van der Waals surface area contributed by atoms with Gasteiger partial charge in [-0.3, -0.25) is 4.57 Å². The SMILES string of the molecule is COP(=O)(OC)C(OC(=O)/C=C/c1ccccc1)c1ccc(Cl)cc1. The number of ether oxygens (including phenoxy) is 1. The second kappa shape index (κ2) is 8.97. The smallest absolute Gasteiger partial charge is 0.375 e. The average Bonchev–Trinajstić information content (AvgIpc) is 2.65. The fourth-order valence-corrected chi connectivity index (χ4v) is 3.51. The van der Waals surface area contributed by atoms with Gasteiger partial charge in [-0.2, -0.15) is 0 Å². The van der Waals surface area contributed by atoms with Crippen molar-refractivity contribution < 1.29 is 23.1 Å². The third-order valence-corrected chi connectivity index (χ3v) is 5.64. The molecule has 0 spiro atoms. The van der Waals surface area contributed by atoms with Crippen molar-refractivity contribution >= 4 is 31.2 Å². The van der Waals surface area contributed by atoms with Gasteiger partial charge in [-0.15, -0.1) is 0 Å². The summed E-state index contributed by atoms with van der Waals surface area (Å²) in [4.78, 5) is 12.2. The van der Waals surface area contributed by atoms with Crippen molar-refractivity contribution in [1.82, 2.24) is 0 Å². The van der Waals surface area contributed by atoms with Gasteiger partial charge in [0.1, 0.15) is 0 Å². The summed E-state index contributed by atoms with van der Waals surface area (Å²) in [5.41, 5.74) is 1.29. The summed E-state index contributed by atoms with van der Waals surface area (Å²) in [6.07, 6.45) is 2.86. The summed E-state index contributed by atoms with van der Waals surface area (Å²) in [5, 5.41) is 0.502. The molecule has 0 aliphatic heterocycles. The molecule has 2 rings (SSSR count). The first-order valence-electron chi connectivity index (χ1n) is 7.39. The van der Waals surface area contributed by atoms with Crippen molar-refractivity contribution in [2.45, 2.75) is 5.85 Å². The first-order valence-corrected chi connectivity index (χ1v) is 9.38. The van der Waals surface area contributed by atoms with Crippen LogP contribution in [-0.2, 0) is 23.1 Å². The van der Waals surface area contributed by atoms with Crippen molar-refractivity contribution in [2.75, 3.05) is 14.2 Å². The van der Waals surface area contributed by atoms with Gasteiger partial charge < -0.3 is 13.8 Å². The van der Waals surface area contributed by atoms with E-state index in [9.17, 15) is 9.36 Å². The zero-order chi connectivity index (χ0) is 18.3. The highest BCUT2D eigenvalue weighted by Crippen LogP contribution is 2.60. The van der Waals surface area contributed by atoms with Crippen LogP contribution in [-0.4, -0.2) is 20.2 Å². The number of carbonyl (C=O) groups excluding carboxylic acids is 1. The molecule has 0 aliphatic rings. The van der Waals surface area contributed by atoms with Crippen LogP contribution >= 0.6 is 19.2 Å². The molecule has 0 radical (unpaired) electrons. The quantitative estimate of drug-likeness (QED) is 0.381. The number of carbonyl (C=O) groups is 1. The van der Waals surface area contributed by atoms with Crippen LogP contribution in [0.5, 0.6) is 0 Å². The highest BCUT2D eigenvalue weighted by molar-refractivity contribution is 7.54. The van der Waals surface area contributed by atoms with Crippen LogP contribution in [0.4, 0.5) is 0 Å². The number of halogens is 1. The summed E-state index contributed by atoms with van der Waals surface area (Å²) in [6, 6.07) is 15.7. The molecule has 2 aromatic rings. The third kappa shape index (κ3) is 5.28. The Hall–Kier alpha value is -1.91. The van der Waals surface area contributed by atoms with Gasteiger partial charge >= 0.3 is 13.6 Å². The Kier molecular flexibility index (Phi) is 6.97. The van der Waals surface area contributed by atoms with Gasteiger partial charge in [-0.05, 0) is 23.8 Å². The van der Waals surface area contributed by atoms with E-state index in [2.05, 4.69) is 0 Å². The van der Waals surface area contributed by atoms with Crippen molar-refractivity contribution in [1.29, 1.82) is 0 Å². The normalized spacial score (nSPS) is 12.9. The predicted molar refractivity (Wildman–Crippen MR) is 97.4 cm³/mol. The maximum absolute atomic E-state index is 12.8. The molecular weight excluding hydrogens is 363 g/mol. The lowest BCUT2D eigenvalue weighted by molar-refractivity contribution is -0.140. The molecule has 0 saturated heterocycles. The van der Waals surface area contributed by atoms with Crippen molar-refractivity contribution in [3.63, 3.8) is 0 Å². The van der Waals surface area contributed by atoms with Crippen molar-refractivity contribution in [3.05, 3.63) is 76.8 Å². The Balaban J connectivity index is 2.24. The van der Waals surface area contributed by atoms with Crippen LogP contribution < -0.4 is 0 Å². The number of esters is 1. The van der Waals surface area contributed by atoms with Gasteiger partial charge in [-0.1, -0.05) is 54.1 Å². The van der Waals surface area contributed by atoms with E-state index in [1.807, 2.05) is 30.3 Å². The molecule has 0 N–H and O–H groups in total. The summed E-state index contributed by atoms with van der Waals surface area (Å²) in [5.74, 6) is -1.87. The van der Waals surface area contributed by atoms with Crippen molar-refractivity contribution in [3.8, 4) is 0 Å².